The van der Waals surface area contributed by atoms with Gasteiger partial charge in [-0.3, -0.25) is 14.9 Å². The molecule has 0 saturated heterocycles. The fourth-order valence-corrected chi connectivity index (χ4v) is 1.67. The largest absolute Gasteiger partial charge is 0.481 e. The molecule has 122 valence electrons. The molecule has 0 aromatic carbocycles. The lowest BCUT2D eigenvalue weighted by Gasteiger charge is -2.23. The highest BCUT2D eigenvalue weighted by atomic mass is 16.4. The molecule has 0 aliphatic rings. The van der Waals surface area contributed by atoms with Crippen LogP contribution in [0.4, 0.5) is 4.79 Å². The molecule has 0 heterocycles. The van der Waals surface area contributed by atoms with Crippen LogP contribution in [0.5, 0.6) is 0 Å². The number of aliphatic carboxylic acids is 1. The third-order valence-electron chi connectivity index (χ3n) is 2.95. The van der Waals surface area contributed by atoms with Crippen molar-refractivity contribution in [3.63, 3.8) is 0 Å². The highest BCUT2D eigenvalue weighted by molar-refractivity contribution is 5.95. The Morgan fingerprint density at radius 3 is 2.29 bits per heavy atom. The maximum atomic E-state index is 11.5. The minimum atomic E-state index is -0.799. The van der Waals surface area contributed by atoms with Gasteiger partial charge in [0.15, 0.2) is 0 Å². The summed E-state index contributed by atoms with van der Waals surface area (Å²) < 4.78 is 0. The maximum Gasteiger partial charge on any atom is 0.321 e. The van der Waals surface area contributed by atoms with Crippen LogP contribution in [0.2, 0.25) is 0 Å². The van der Waals surface area contributed by atoms with E-state index < -0.39 is 17.9 Å². The summed E-state index contributed by atoms with van der Waals surface area (Å²) in [5.41, 5.74) is -0.100. The fourth-order valence-electron chi connectivity index (χ4n) is 1.67. The van der Waals surface area contributed by atoms with Gasteiger partial charge in [-0.2, -0.15) is 0 Å². The highest BCUT2D eigenvalue weighted by Crippen LogP contribution is 2.25. The summed E-state index contributed by atoms with van der Waals surface area (Å²) in [6, 6.07) is -0.528. The Kier molecular flexibility index (Phi) is 8.61. The van der Waals surface area contributed by atoms with Crippen molar-refractivity contribution in [1.82, 2.24) is 16.0 Å². The first kappa shape index (κ1) is 19.4. The van der Waals surface area contributed by atoms with E-state index in [0.29, 0.717) is 13.0 Å². The van der Waals surface area contributed by atoms with Gasteiger partial charge in [0.2, 0.25) is 5.91 Å². The molecule has 4 N–H and O–H groups in total. The first-order valence-electron chi connectivity index (χ1n) is 7.15. The first-order chi connectivity index (χ1) is 9.62. The summed E-state index contributed by atoms with van der Waals surface area (Å²) in [5.74, 6) is -1.19. The molecular formula is C14H27N3O4. The van der Waals surface area contributed by atoms with E-state index in [-0.39, 0.29) is 24.4 Å². The lowest BCUT2D eigenvalue weighted by molar-refractivity contribution is -0.137. The third kappa shape index (κ3) is 11.9. The van der Waals surface area contributed by atoms with Gasteiger partial charge in [-0.25, -0.2) is 4.79 Å². The summed E-state index contributed by atoms with van der Waals surface area (Å²) in [4.78, 5) is 33.3. The van der Waals surface area contributed by atoms with Crippen LogP contribution in [0.3, 0.4) is 0 Å². The van der Waals surface area contributed by atoms with Crippen LogP contribution in [0.15, 0.2) is 0 Å². The number of urea groups is 1. The van der Waals surface area contributed by atoms with Crippen LogP contribution in [-0.4, -0.2) is 42.1 Å². The minimum Gasteiger partial charge on any atom is -0.481 e. The van der Waals surface area contributed by atoms with Gasteiger partial charge in [0.05, 0.1) is 6.54 Å². The van der Waals surface area contributed by atoms with Gasteiger partial charge in [0.1, 0.15) is 0 Å². The van der Waals surface area contributed by atoms with Crippen molar-refractivity contribution < 1.29 is 19.5 Å². The van der Waals surface area contributed by atoms with Gasteiger partial charge in [-0.15, -0.1) is 0 Å². The molecule has 0 aliphatic carbocycles. The van der Waals surface area contributed by atoms with E-state index >= 15 is 0 Å². The minimum absolute atomic E-state index is 0.0270. The van der Waals surface area contributed by atoms with Gasteiger partial charge < -0.3 is 15.7 Å². The Morgan fingerprint density at radius 2 is 1.76 bits per heavy atom. The molecular weight excluding hydrogens is 274 g/mol. The van der Waals surface area contributed by atoms with Crippen molar-refractivity contribution in [3.05, 3.63) is 0 Å². The Labute approximate surface area is 125 Å². The van der Waals surface area contributed by atoms with Gasteiger partial charge >= 0.3 is 12.0 Å². The molecule has 0 atom stereocenters. The molecule has 0 aliphatic heterocycles. The second-order valence-electron chi connectivity index (χ2n) is 6.16. The Bertz CT molecular complexity index is 367. The number of amides is 3. The number of carboxylic acids is 1. The lowest BCUT2D eigenvalue weighted by atomic mass is 9.84. The summed E-state index contributed by atoms with van der Waals surface area (Å²) in [5, 5.41) is 16.4. The molecule has 7 heteroatoms. The summed E-state index contributed by atoms with van der Waals surface area (Å²) in [7, 11) is 0. The maximum absolute atomic E-state index is 11.5. The van der Waals surface area contributed by atoms with Crippen LogP contribution in [0.1, 0.15) is 47.0 Å². The monoisotopic (exact) mass is 301 g/mol. The van der Waals surface area contributed by atoms with Crippen molar-refractivity contribution in [2.75, 3.05) is 13.1 Å². The van der Waals surface area contributed by atoms with E-state index in [2.05, 4.69) is 16.0 Å². The topological polar surface area (TPSA) is 108 Å². The van der Waals surface area contributed by atoms with Crippen molar-refractivity contribution >= 4 is 17.9 Å². The van der Waals surface area contributed by atoms with E-state index in [0.717, 1.165) is 6.42 Å². The van der Waals surface area contributed by atoms with Crippen molar-refractivity contribution in [3.8, 4) is 0 Å². The molecule has 0 spiro atoms. The lowest BCUT2D eigenvalue weighted by Crippen LogP contribution is -2.45. The average Bonchev–Trinajstić information content (AvgIpc) is 2.31. The number of hydrogen-bond acceptors (Lipinski definition) is 4. The first-order valence-corrected chi connectivity index (χ1v) is 7.15. The fraction of sp³-hybridized carbons (Fsp3) is 0.786. The third-order valence-corrected chi connectivity index (χ3v) is 2.95. The zero-order valence-electron chi connectivity index (χ0n) is 13.3. The number of carbonyl (C=O) groups is 3. The summed E-state index contributed by atoms with van der Waals surface area (Å²) in [6.45, 7) is 8.25. The molecule has 0 fully saturated rings. The summed E-state index contributed by atoms with van der Waals surface area (Å²) in [6.07, 6.45) is 1.49. The highest BCUT2D eigenvalue weighted by Gasteiger charge is 2.18. The van der Waals surface area contributed by atoms with Gasteiger partial charge in [0, 0.05) is 12.5 Å². The molecule has 0 saturated carbocycles. The number of rotatable bonds is 9. The molecule has 7 nitrogen and oxygen atoms in total. The standard InChI is InChI=1S/C14H27N3O4/c1-10(2)16-13(21)17-11(18)9-15-8-7-14(3,4)6-5-12(19)20/h10,15H,5-9H2,1-4H3,(H,19,20)(H2,16,17,18,21). The number of hydrogen-bond donors (Lipinski definition) is 4. The van der Waals surface area contributed by atoms with Gasteiger partial charge in [0.25, 0.3) is 0 Å². The van der Waals surface area contributed by atoms with E-state index in [9.17, 15) is 14.4 Å². The molecule has 0 radical (unpaired) electrons. The number of imide groups is 1. The molecule has 0 bridgehead atoms. The zero-order valence-corrected chi connectivity index (χ0v) is 13.3. The van der Waals surface area contributed by atoms with E-state index in [1.54, 1.807) is 0 Å². The van der Waals surface area contributed by atoms with Gasteiger partial charge in [-0.1, -0.05) is 13.8 Å². The van der Waals surface area contributed by atoms with Crippen molar-refractivity contribution in [2.24, 2.45) is 5.41 Å². The summed E-state index contributed by atoms with van der Waals surface area (Å²) >= 11 is 0. The Hall–Kier alpha value is -1.63. The normalized spacial score (nSPS) is 11.3. The van der Waals surface area contributed by atoms with Crippen LogP contribution in [0, 0.1) is 5.41 Å². The van der Waals surface area contributed by atoms with Crippen LogP contribution >= 0.6 is 0 Å². The Balaban J connectivity index is 3.81. The number of nitrogens with one attached hydrogen (secondary N) is 3. The van der Waals surface area contributed by atoms with Crippen LogP contribution < -0.4 is 16.0 Å². The van der Waals surface area contributed by atoms with Crippen molar-refractivity contribution in [2.45, 2.75) is 53.0 Å². The Morgan fingerprint density at radius 1 is 1.14 bits per heavy atom. The van der Waals surface area contributed by atoms with Crippen LogP contribution in [-0.2, 0) is 9.59 Å². The molecule has 0 aromatic rings. The quantitative estimate of drug-likeness (QED) is 0.477. The van der Waals surface area contributed by atoms with Crippen LogP contribution in [0.25, 0.3) is 0 Å². The second kappa shape index (κ2) is 9.33. The van der Waals surface area contributed by atoms with E-state index in [4.69, 9.17) is 5.11 Å². The predicted octanol–water partition coefficient (Wildman–Crippen LogP) is 1.09. The second-order valence-corrected chi connectivity index (χ2v) is 6.16. The molecule has 21 heavy (non-hydrogen) atoms. The number of carboxylic acid groups (broad SMARTS) is 1. The van der Waals surface area contributed by atoms with Crippen molar-refractivity contribution in [1.29, 1.82) is 0 Å². The average molecular weight is 301 g/mol. The molecule has 0 rings (SSSR count). The van der Waals surface area contributed by atoms with E-state index in [1.807, 2.05) is 27.7 Å². The SMILES string of the molecule is CC(C)NC(=O)NC(=O)CNCCC(C)(C)CCC(=O)O. The number of carbonyl (C=O) groups excluding carboxylic acids is 2. The molecule has 0 unspecified atom stereocenters. The van der Waals surface area contributed by atoms with E-state index in [1.165, 1.54) is 0 Å². The molecule has 3 amide bonds. The molecule has 0 aromatic heterocycles. The van der Waals surface area contributed by atoms with Gasteiger partial charge in [-0.05, 0) is 38.6 Å². The predicted molar refractivity (Wildman–Crippen MR) is 79.9 cm³/mol. The zero-order chi connectivity index (χ0) is 16.5. The smallest absolute Gasteiger partial charge is 0.321 e.